The van der Waals surface area contributed by atoms with Crippen LogP contribution in [-0.2, 0) is 9.59 Å². The van der Waals surface area contributed by atoms with E-state index in [1.807, 2.05) is 32.0 Å². The highest BCUT2D eigenvalue weighted by atomic mass is 35.5. The number of thioether (sulfide) groups is 1. The molecule has 7 heteroatoms. The number of para-hydroxylation sites is 1. The lowest BCUT2D eigenvalue weighted by Gasteiger charge is -2.14. The Labute approximate surface area is 179 Å². The van der Waals surface area contributed by atoms with Gasteiger partial charge in [-0.2, -0.15) is 0 Å². The van der Waals surface area contributed by atoms with E-state index >= 15 is 0 Å². The third-order valence-electron chi connectivity index (χ3n) is 4.57. The second-order valence-corrected chi connectivity index (χ2v) is 8.32. The summed E-state index contributed by atoms with van der Waals surface area (Å²) < 4.78 is 0. The molecule has 2 aromatic carbocycles. The van der Waals surface area contributed by atoms with Crippen molar-refractivity contribution in [2.24, 2.45) is 4.99 Å². The smallest absolute Gasteiger partial charge is 0.242 e. The van der Waals surface area contributed by atoms with Crippen LogP contribution >= 0.6 is 23.4 Å². The summed E-state index contributed by atoms with van der Waals surface area (Å²) in [6, 6.07) is 12.9. The Morgan fingerprint density at radius 3 is 2.72 bits per heavy atom. The molecule has 2 amide bonds. The maximum absolute atomic E-state index is 12.8. The molecule has 1 aliphatic rings. The van der Waals surface area contributed by atoms with Gasteiger partial charge >= 0.3 is 0 Å². The lowest BCUT2D eigenvalue weighted by molar-refractivity contribution is -0.127. The number of halogens is 1. The average Bonchev–Trinajstić information content (AvgIpc) is 2.95. The molecule has 1 N–H and O–H groups in total. The molecule has 3 rings (SSSR count). The summed E-state index contributed by atoms with van der Waals surface area (Å²) in [4.78, 5) is 31.5. The van der Waals surface area contributed by atoms with Crippen LogP contribution in [0.2, 0.25) is 5.02 Å². The van der Waals surface area contributed by atoms with E-state index in [0.717, 1.165) is 11.3 Å². The van der Waals surface area contributed by atoms with Crippen molar-refractivity contribution in [3.05, 3.63) is 71.3 Å². The predicted octanol–water partition coefficient (Wildman–Crippen LogP) is 5.10. The minimum atomic E-state index is -0.539. The van der Waals surface area contributed by atoms with Crippen LogP contribution < -0.4 is 5.32 Å². The van der Waals surface area contributed by atoms with Crippen LogP contribution in [0.3, 0.4) is 0 Å². The third-order valence-corrected chi connectivity index (χ3v) is 6.07. The first-order chi connectivity index (χ1) is 13.9. The molecule has 29 heavy (non-hydrogen) atoms. The number of rotatable bonds is 6. The van der Waals surface area contributed by atoms with Gasteiger partial charge in [0, 0.05) is 13.0 Å². The zero-order valence-electron chi connectivity index (χ0n) is 16.3. The predicted molar refractivity (Wildman–Crippen MR) is 121 cm³/mol. The fraction of sp³-hybridized carbons (Fsp3) is 0.227. The van der Waals surface area contributed by atoms with Crippen molar-refractivity contribution in [2.45, 2.75) is 25.5 Å². The van der Waals surface area contributed by atoms with E-state index in [0.29, 0.717) is 22.4 Å². The van der Waals surface area contributed by atoms with E-state index in [2.05, 4.69) is 16.9 Å². The Bertz CT molecular complexity index is 990. The number of nitrogens with zero attached hydrogens (tertiary/aromatic N) is 2. The number of aryl methyl sites for hydroxylation is 2. The third kappa shape index (κ3) is 5.08. The molecule has 1 atom stereocenters. The molecule has 2 aromatic rings. The van der Waals surface area contributed by atoms with Crippen LogP contribution in [0, 0.1) is 13.8 Å². The Morgan fingerprint density at radius 2 is 2.03 bits per heavy atom. The maximum atomic E-state index is 12.8. The molecule has 1 aliphatic heterocycles. The maximum Gasteiger partial charge on any atom is 0.242 e. The normalized spacial score (nSPS) is 17.6. The molecule has 0 bridgehead atoms. The van der Waals surface area contributed by atoms with Crippen molar-refractivity contribution >= 4 is 51.7 Å². The molecular formula is C22H22ClN3O2S. The Morgan fingerprint density at radius 1 is 1.28 bits per heavy atom. The van der Waals surface area contributed by atoms with Gasteiger partial charge in [-0.25, -0.2) is 4.99 Å². The van der Waals surface area contributed by atoms with Gasteiger partial charge in [0.25, 0.3) is 0 Å². The van der Waals surface area contributed by atoms with Crippen molar-refractivity contribution in [3.63, 3.8) is 0 Å². The molecule has 1 fully saturated rings. The zero-order valence-corrected chi connectivity index (χ0v) is 17.9. The number of hydrogen-bond donors (Lipinski definition) is 1. The lowest BCUT2D eigenvalue weighted by atomic mass is 10.1. The highest BCUT2D eigenvalue weighted by molar-refractivity contribution is 8.15. The number of aliphatic imine (C=N–C) groups is 1. The largest absolute Gasteiger partial charge is 0.325 e. The lowest BCUT2D eigenvalue weighted by Crippen LogP contribution is -2.33. The topological polar surface area (TPSA) is 61.8 Å². The molecule has 1 heterocycles. The molecule has 1 saturated heterocycles. The van der Waals surface area contributed by atoms with Crippen LogP contribution in [0.4, 0.5) is 11.4 Å². The van der Waals surface area contributed by atoms with Crippen molar-refractivity contribution in [2.75, 3.05) is 11.9 Å². The number of benzene rings is 2. The molecule has 0 aliphatic carbocycles. The van der Waals surface area contributed by atoms with Crippen LogP contribution in [0.25, 0.3) is 0 Å². The van der Waals surface area contributed by atoms with E-state index in [9.17, 15) is 9.59 Å². The van der Waals surface area contributed by atoms with Gasteiger partial charge < -0.3 is 5.32 Å². The summed E-state index contributed by atoms with van der Waals surface area (Å²) in [6.07, 6.45) is 1.69. The summed E-state index contributed by atoms with van der Waals surface area (Å²) in [5, 5.41) is 3.26. The zero-order chi connectivity index (χ0) is 21.0. The molecule has 150 valence electrons. The molecule has 0 unspecified atom stereocenters. The summed E-state index contributed by atoms with van der Waals surface area (Å²) in [6.45, 7) is 8.13. The first-order valence-corrected chi connectivity index (χ1v) is 10.4. The first kappa shape index (κ1) is 21.1. The van der Waals surface area contributed by atoms with Crippen LogP contribution in [-0.4, -0.2) is 33.7 Å². The molecule has 0 saturated carbocycles. The fourth-order valence-corrected chi connectivity index (χ4v) is 4.21. The number of anilines is 1. The number of amides is 2. The van der Waals surface area contributed by atoms with Crippen LogP contribution in [0.1, 0.15) is 17.5 Å². The van der Waals surface area contributed by atoms with Gasteiger partial charge in [0.1, 0.15) is 5.25 Å². The van der Waals surface area contributed by atoms with Gasteiger partial charge in [-0.15, -0.1) is 6.58 Å². The molecule has 0 aromatic heterocycles. The van der Waals surface area contributed by atoms with Gasteiger partial charge in [0.05, 0.1) is 16.4 Å². The van der Waals surface area contributed by atoms with Gasteiger partial charge in [-0.3, -0.25) is 14.5 Å². The van der Waals surface area contributed by atoms with Crippen molar-refractivity contribution in [1.29, 1.82) is 0 Å². The minimum absolute atomic E-state index is 0.0360. The molecule has 0 spiro atoms. The Hall–Kier alpha value is -2.57. The molecule has 0 radical (unpaired) electrons. The quantitative estimate of drug-likeness (QED) is 0.652. The number of nitrogens with one attached hydrogen (secondary N) is 1. The highest BCUT2D eigenvalue weighted by Crippen LogP contribution is 2.32. The molecule has 5 nitrogen and oxygen atoms in total. The van der Waals surface area contributed by atoms with Crippen LogP contribution in [0.5, 0.6) is 0 Å². The second kappa shape index (κ2) is 9.29. The summed E-state index contributed by atoms with van der Waals surface area (Å²) >= 11 is 7.39. The number of carbonyl (C=O) groups excluding carboxylic acids is 2. The van der Waals surface area contributed by atoms with Crippen molar-refractivity contribution < 1.29 is 9.59 Å². The number of hydrogen-bond acceptors (Lipinski definition) is 4. The average molecular weight is 428 g/mol. The highest BCUT2D eigenvalue weighted by Gasteiger charge is 2.38. The first-order valence-electron chi connectivity index (χ1n) is 9.18. The van der Waals surface area contributed by atoms with E-state index in [-0.39, 0.29) is 18.2 Å². The summed E-state index contributed by atoms with van der Waals surface area (Å²) in [5.41, 5.74) is 3.62. The SMILES string of the molecule is C=CCN1C(=O)[C@@H](CC(=O)Nc2ccccc2Cl)SC1=Nc1ccc(C)c(C)c1. The Balaban J connectivity index is 1.76. The van der Waals surface area contributed by atoms with E-state index in [1.54, 1.807) is 35.2 Å². The standard InChI is InChI=1S/C22H22ClN3O2S/c1-4-11-26-21(28)19(13-20(27)25-18-8-6-5-7-17(18)23)29-22(26)24-16-10-9-14(2)15(3)12-16/h4-10,12,19H,1,11,13H2,2-3H3,(H,25,27)/t19-/m1/s1. The fourth-order valence-electron chi connectivity index (χ4n) is 2.86. The van der Waals surface area contributed by atoms with E-state index in [4.69, 9.17) is 11.6 Å². The minimum Gasteiger partial charge on any atom is -0.325 e. The van der Waals surface area contributed by atoms with Crippen molar-refractivity contribution in [3.8, 4) is 0 Å². The van der Waals surface area contributed by atoms with Crippen molar-refractivity contribution in [1.82, 2.24) is 4.90 Å². The van der Waals surface area contributed by atoms with E-state index in [1.165, 1.54) is 17.3 Å². The van der Waals surface area contributed by atoms with Gasteiger partial charge in [0.2, 0.25) is 11.8 Å². The van der Waals surface area contributed by atoms with Gasteiger partial charge in [0.15, 0.2) is 5.17 Å². The van der Waals surface area contributed by atoms with E-state index < -0.39 is 5.25 Å². The van der Waals surface area contributed by atoms with Gasteiger partial charge in [-0.1, -0.05) is 47.6 Å². The number of amidine groups is 1. The number of carbonyl (C=O) groups is 2. The molecular weight excluding hydrogens is 406 g/mol. The Kier molecular flexibility index (Phi) is 6.77. The monoisotopic (exact) mass is 427 g/mol. The summed E-state index contributed by atoms with van der Waals surface area (Å²) in [5.74, 6) is -0.415. The summed E-state index contributed by atoms with van der Waals surface area (Å²) in [7, 11) is 0. The second-order valence-electron chi connectivity index (χ2n) is 6.74. The van der Waals surface area contributed by atoms with Gasteiger partial charge in [-0.05, 0) is 49.2 Å². The van der Waals surface area contributed by atoms with Crippen LogP contribution in [0.15, 0.2) is 60.1 Å².